The Bertz CT molecular complexity index is 229. The van der Waals surface area contributed by atoms with Crippen LogP contribution in [-0.4, -0.2) is 41.8 Å². The average Bonchev–Trinajstić information content (AvgIpc) is 2.53. The summed E-state index contributed by atoms with van der Waals surface area (Å²) in [7, 11) is 0. The van der Waals surface area contributed by atoms with Crippen LogP contribution in [0.3, 0.4) is 0 Å². The van der Waals surface area contributed by atoms with Crippen molar-refractivity contribution < 1.29 is 19.4 Å². The molecule has 1 saturated heterocycles. The van der Waals surface area contributed by atoms with Crippen LogP contribution in [0.4, 0.5) is 4.79 Å². The van der Waals surface area contributed by atoms with Crippen LogP contribution in [-0.2, 0) is 9.53 Å². The number of carbonyl (C=O) groups is 2. The number of rotatable bonds is 3. The van der Waals surface area contributed by atoms with Gasteiger partial charge in [0.1, 0.15) is 0 Å². The third-order valence-electron chi connectivity index (χ3n) is 2.32. The van der Waals surface area contributed by atoms with Crippen molar-refractivity contribution in [2.75, 3.05) is 19.7 Å². The molecule has 1 fully saturated rings. The minimum atomic E-state index is -0.906. The molecule has 14 heavy (non-hydrogen) atoms. The van der Waals surface area contributed by atoms with Crippen molar-refractivity contribution in [3.05, 3.63) is 0 Å². The van der Waals surface area contributed by atoms with Gasteiger partial charge >= 0.3 is 12.1 Å². The van der Waals surface area contributed by atoms with Gasteiger partial charge in [-0.3, -0.25) is 4.79 Å². The van der Waals surface area contributed by atoms with Crippen LogP contribution in [0.2, 0.25) is 0 Å². The Labute approximate surface area is 82.6 Å². The van der Waals surface area contributed by atoms with Gasteiger partial charge in [0.2, 0.25) is 0 Å². The van der Waals surface area contributed by atoms with E-state index < -0.39 is 6.09 Å². The Balaban J connectivity index is 2.28. The van der Waals surface area contributed by atoms with Gasteiger partial charge in [-0.25, -0.2) is 4.79 Å². The predicted octanol–water partition coefficient (Wildman–Crippen LogP) is 0.940. The highest BCUT2D eigenvalue weighted by atomic mass is 16.5. The van der Waals surface area contributed by atoms with Crippen LogP contribution in [0.5, 0.6) is 0 Å². The molecule has 1 rings (SSSR count). The molecular weight excluding hydrogens is 186 g/mol. The standard InChI is InChI=1S/C9H15NO4/c1-2-14-8(11)5-7-3-4-10(6-7)9(12)13/h7H,2-6H2,1H3,(H,12,13)/t7-/m0/s1. The highest BCUT2D eigenvalue weighted by Crippen LogP contribution is 2.19. The second-order valence-electron chi connectivity index (χ2n) is 3.39. The molecule has 0 spiro atoms. The van der Waals surface area contributed by atoms with Gasteiger partial charge in [0.05, 0.1) is 13.0 Å². The van der Waals surface area contributed by atoms with Crippen LogP contribution < -0.4 is 0 Å². The minimum Gasteiger partial charge on any atom is -0.466 e. The fourth-order valence-electron chi connectivity index (χ4n) is 1.63. The fourth-order valence-corrected chi connectivity index (χ4v) is 1.63. The number of ether oxygens (including phenoxy) is 1. The number of hydrogen-bond acceptors (Lipinski definition) is 3. The lowest BCUT2D eigenvalue weighted by Crippen LogP contribution is -2.27. The molecule has 5 nitrogen and oxygen atoms in total. The minimum absolute atomic E-state index is 0.130. The number of amides is 1. The van der Waals surface area contributed by atoms with Crippen LogP contribution in [0.25, 0.3) is 0 Å². The monoisotopic (exact) mass is 201 g/mol. The molecule has 1 N–H and O–H groups in total. The quantitative estimate of drug-likeness (QED) is 0.690. The lowest BCUT2D eigenvalue weighted by Gasteiger charge is -2.11. The van der Waals surface area contributed by atoms with Gasteiger partial charge in [-0.15, -0.1) is 0 Å². The first-order valence-corrected chi connectivity index (χ1v) is 4.77. The third-order valence-corrected chi connectivity index (χ3v) is 2.32. The van der Waals surface area contributed by atoms with Crippen molar-refractivity contribution >= 4 is 12.1 Å². The van der Waals surface area contributed by atoms with Crippen LogP contribution in [0, 0.1) is 5.92 Å². The summed E-state index contributed by atoms with van der Waals surface area (Å²) in [6.45, 7) is 3.12. The molecule has 80 valence electrons. The number of nitrogens with zero attached hydrogens (tertiary/aromatic N) is 1. The van der Waals surface area contributed by atoms with Gasteiger partial charge in [0, 0.05) is 13.1 Å². The van der Waals surface area contributed by atoms with Crippen LogP contribution >= 0.6 is 0 Å². The Morgan fingerprint density at radius 3 is 2.79 bits per heavy atom. The predicted molar refractivity (Wildman–Crippen MR) is 49.0 cm³/mol. The molecule has 0 aromatic heterocycles. The Hall–Kier alpha value is -1.26. The maximum atomic E-state index is 11.1. The summed E-state index contributed by atoms with van der Waals surface area (Å²) < 4.78 is 4.79. The Kier molecular flexibility index (Phi) is 3.73. The molecule has 0 radical (unpaired) electrons. The maximum Gasteiger partial charge on any atom is 0.407 e. The Morgan fingerprint density at radius 2 is 2.29 bits per heavy atom. The van der Waals surface area contributed by atoms with E-state index in [1.54, 1.807) is 6.92 Å². The summed E-state index contributed by atoms with van der Waals surface area (Å²) in [5.41, 5.74) is 0. The van der Waals surface area contributed by atoms with Gasteiger partial charge in [-0.05, 0) is 19.3 Å². The largest absolute Gasteiger partial charge is 0.466 e. The van der Waals surface area contributed by atoms with Gasteiger partial charge in [-0.2, -0.15) is 0 Å². The summed E-state index contributed by atoms with van der Waals surface area (Å²) in [6, 6.07) is 0. The number of hydrogen-bond donors (Lipinski definition) is 1. The van der Waals surface area contributed by atoms with Crippen molar-refractivity contribution in [3.8, 4) is 0 Å². The lowest BCUT2D eigenvalue weighted by atomic mass is 10.1. The molecule has 1 aliphatic rings. The topological polar surface area (TPSA) is 66.8 Å². The molecule has 1 atom stereocenters. The summed E-state index contributed by atoms with van der Waals surface area (Å²) in [5, 5.41) is 8.68. The average molecular weight is 201 g/mol. The summed E-state index contributed by atoms with van der Waals surface area (Å²) >= 11 is 0. The van der Waals surface area contributed by atoms with E-state index in [-0.39, 0.29) is 11.9 Å². The highest BCUT2D eigenvalue weighted by molar-refractivity contribution is 5.70. The maximum absolute atomic E-state index is 11.1. The molecule has 1 aliphatic heterocycles. The van der Waals surface area contributed by atoms with Crippen LogP contribution in [0.1, 0.15) is 19.8 Å². The lowest BCUT2D eigenvalue weighted by molar-refractivity contribution is -0.144. The second kappa shape index (κ2) is 4.83. The summed E-state index contributed by atoms with van der Waals surface area (Å²) in [4.78, 5) is 23.0. The Morgan fingerprint density at radius 1 is 1.57 bits per heavy atom. The number of esters is 1. The zero-order valence-electron chi connectivity index (χ0n) is 8.23. The first kappa shape index (κ1) is 10.8. The first-order valence-electron chi connectivity index (χ1n) is 4.77. The molecular formula is C9H15NO4. The molecule has 0 saturated carbocycles. The fraction of sp³-hybridized carbons (Fsp3) is 0.778. The zero-order valence-corrected chi connectivity index (χ0v) is 8.23. The van der Waals surface area contributed by atoms with E-state index in [1.165, 1.54) is 4.90 Å². The summed E-state index contributed by atoms with van der Waals surface area (Å²) in [5.74, 6) is -0.102. The van der Waals surface area contributed by atoms with Gasteiger partial charge in [0.25, 0.3) is 0 Å². The van der Waals surface area contributed by atoms with Crippen molar-refractivity contribution in [2.24, 2.45) is 5.92 Å². The van der Waals surface area contributed by atoms with E-state index in [9.17, 15) is 9.59 Å². The van der Waals surface area contributed by atoms with Crippen molar-refractivity contribution in [2.45, 2.75) is 19.8 Å². The van der Waals surface area contributed by atoms with E-state index in [1.807, 2.05) is 0 Å². The molecule has 5 heteroatoms. The summed E-state index contributed by atoms with van der Waals surface area (Å²) in [6.07, 6.45) is 0.180. The molecule has 1 heterocycles. The van der Waals surface area contributed by atoms with Crippen LogP contribution in [0.15, 0.2) is 0 Å². The van der Waals surface area contributed by atoms with E-state index >= 15 is 0 Å². The molecule has 0 bridgehead atoms. The molecule has 0 aromatic carbocycles. The molecule has 0 unspecified atom stereocenters. The van der Waals surface area contributed by atoms with E-state index in [0.29, 0.717) is 26.1 Å². The molecule has 0 aromatic rings. The van der Waals surface area contributed by atoms with Gasteiger partial charge in [-0.1, -0.05) is 0 Å². The van der Waals surface area contributed by atoms with Gasteiger partial charge in [0.15, 0.2) is 0 Å². The van der Waals surface area contributed by atoms with E-state index in [0.717, 1.165) is 6.42 Å². The van der Waals surface area contributed by atoms with Crippen molar-refractivity contribution in [1.82, 2.24) is 4.90 Å². The number of likely N-dealkylation sites (tertiary alicyclic amines) is 1. The van der Waals surface area contributed by atoms with Gasteiger partial charge < -0.3 is 14.7 Å². The number of carboxylic acid groups (broad SMARTS) is 1. The van der Waals surface area contributed by atoms with E-state index in [4.69, 9.17) is 9.84 Å². The smallest absolute Gasteiger partial charge is 0.407 e. The third kappa shape index (κ3) is 2.90. The molecule has 0 aliphatic carbocycles. The highest BCUT2D eigenvalue weighted by Gasteiger charge is 2.27. The SMILES string of the molecule is CCOC(=O)C[C@@H]1CCN(C(=O)O)C1. The zero-order chi connectivity index (χ0) is 10.6. The van der Waals surface area contributed by atoms with Crippen molar-refractivity contribution in [3.63, 3.8) is 0 Å². The van der Waals surface area contributed by atoms with E-state index in [2.05, 4.69) is 0 Å². The normalized spacial score (nSPS) is 20.9. The second-order valence-corrected chi connectivity index (χ2v) is 3.39. The first-order chi connectivity index (χ1) is 6.63. The van der Waals surface area contributed by atoms with Crippen molar-refractivity contribution in [1.29, 1.82) is 0 Å². The number of carbonyl (C=O) groups excluding carboxylic acids is 1. The molecule has 1 amide bonds.